The predicted molar refractivity (Wildman–Crippen MR) is 68.9 cm³/mol. The number of aromatic nitrogens is 2. The van der Waals surface area contributed by atoms with Crippen LogP contribution in [0.1, 0.15) is 18.3 Å². The number of aliphatic hydroxyl groups excluding tert-OH is 1. The third-order valence-electron chi connectivity index (χ3n) is 2.34. The van der Waals surface area contributed by atoms with Gasteiger partial charge in [-0.1, -0.05) is 30.7 Å². The van der Waals surface area contributed by atoms with Gasteiger partial charge in [0, 0.05) is 12.5 Å². The molecule has 0 saturated heterocycles. The van der Waals surface area contributed by atoms with E-state index in [0.717, 1.165) is 5.56 Å². The van der Waals surface area contributed by atoms with E-state index < -0.39 is 0 Å². The second kappa shape index (κ2) is 5.80. The highest BCUT2D eigenvalue weighted by Gasteiger charge is 2.04. The van der Waals surface area contributed by atoms with Crippen LogP contribution in [-0.2, 0) is 13.0 Å². The minimum atomic E-state index is -0.0259. The molecule has 18 heavy (non-hydrogen) atoms. The van der Waals surface area contributed by atoms with E-state index >= 15 is 0 Å². The maximum Gasteiger partial charge on any atom is 0.224 e. The van der Waals surface area contributed by atoms with Crippen molar-refractivity contribution in [3.8, 4) is 11.6 Å². The molecule has 4 nitrogen and oxygen atoms in total. The Labute approximate surface area is 110 Å². The third-order valence-corrected chi connectivity index (χ3v) is 2.53. The Bertz CT molecular complexity index is 546. The normalized spacial score (nSPS) is 10.4. The molecule has 1 aromatic carbocycles. The summed E-state index contributed by atoms with van der Waals surface area (Å²) in [6, 6.07) is 8.73. The van der Waals surface area contributed by atoms with Crippen LogP contribution in [0.25, 0.3) is 0 Å². The average Bonchev–Trinajstić information content (AvgIpc) is 2.38. The van der Waals surface area contributed by atoms with E-state index in [1.165, 1.54) is 0 Å². The smallest absolute Gasteiger partial charge is 0.224 e. The lowest BCUT2D eigenvalue weighted by Gasteiger charge is -2.07. The molecule has 5 heteroatoms. The molecule has 1 aromatic heterocycles. The fourth-order valence-electron chi connectivity index (χ4n) is 1.48. The van der Waals surface area contributed by atoms with Crippen molar-refractivity contribution < 1.29 is 9.84 Å². The summed E-state index contributed by atoms with van der Waals surface area (Å²) >= 11 is 5.88. The van der Waals surface area contributed by atoms with Crippen LogP contribution in [0.15, 0.2) is 30.3 Å². The molecular formula is C13H13ClN2O2. The van der Waals surface area contributed by atoms with E-state index in [0.29, 0.717) is 29.0 Å². The summed E-state index contributed by atoms with van der Waals surface area (Å²) in [5.41, 5.74) is 0.781. The number of halogens is 1. The molecule has 0 spiro atoms. The molecule has 0 aliphatic heterocycles. The van der Waals surface area contributed by atoms with Crippen molar-refractivity contribution in [2.45, 2.75) is 20.0 Å². The van der Waals surface area contributed by atoms with Crippen LogP contribution < -0.4 is 4.74 Å². The Kier molecular flexibility index (Phi) is 4.12. The maximum absolute atomic E-state index is 9.05. The molecule has 0 amide bonds. The molecule has 1 heterocycles. The molecule has 94 valence electrons. The molecule has 2 rings (SSSR count). The number of rotatable bonds is 4. The molecular weight excluding hydrogens is 252 g/mol. The van der Waals surface area contributed by atoms with Crippen molar-refractivity contribution in [2.24, 2.45) is 0 Å². The van der Waals surface area contributed by atoms with Gasteiger partial charge in [-0.3, -0.25) is 0 Å². The minimum absolute atomic E-state index is 0.0259. The van der Waals surface area contributed by atoms with Gasteiger partial charge in [-0.05, 0) is 17.7 Å². The number of benzene rings is 1. The maximum atomic E-state index is 9.05. The number of hydrogen-bond acceptors (Lipinski definition) is 4. The molecule has 1 N–H and O–H groups in total. The number of aliphatic hydroxyl groups is 1. The first-order valence-corrected chi connectivity index (χ1v) is 6.00. The van der Waals surface area contributed by atoms with Crippen LogP contribution in [0.3, 0.4) is 0 Å². The zero-order valence-corrected chi connectivity index (χ0v) is 10.7. The van der Waals surface area contributed by atoms with E-state index in [1.54, 1.807) is 18.2 Å². The molecule has 0 unspecified atom stereocenters. The molecule has 0 aliphatic rings. The van der Waals surface area contributed by atoms with Crippen LogP contribution in [0, 0.1) is 0 Å². The predicted octanol–water partition coefficient (Wildman–Crippen LogP) is 2.98. The Balaban J connectivity index is 2.24. The Morgan fingerprint density at radius 1 is 1.28 bits per heavy atom. The van der Waals surface area contributed by atoms with Crippen molar-refractivity contribution >= 4 is 11.6 Å². The largest absolute Gasteiger partial charge is 0.439 e. The molecule has 0 bridgehead atoms. The first kappa shape index (κ1) is 12.8. The zero-order valence-electron chi connectivity index (χ0n) is 9.93. The highest BCUT2D eigenvalue weighted by molar-refractivity contribution is 6.29. The van der Waals surface area contributed by atoms with E-state index in [-0.39, 0.29) is 6.61 Å². The lowest BCUT2D eigenvalue weighted by atomic mass is 10.2. The van der Waals surface area contributed by atoms with Gasteiger partial charge in [0.25, 0.3) is 0 Å². The number of nitrogens with zero attached hydrogens (tertiary/aromatic N) is 2. The monoisotopic (exact) mass is 264 g/mol. The van der Waals surface area contributed by atoms with Gasteiger partial charge in [0.05, 0.1) is 6.61 Å². The summed E-state index contributed by atoms with van der Waals surface area (Å²) in [5, 5.41) is 9.41. The number of ether oxygens (including phenoxy) is 1. The first-order chi connectivity index (χ1) is 8.71. The Hall–Kier alpha value is -1.65. The minimum Gasteiger partial charge on any atom is -0.439 e. The van der Waals surface area contributed by atoms with Gasteiger partial charge in [0.1, 0.15) is 16.7 Å². The second-order valence-electron chi connectivity index (χ2n) is 3.71. The molecule has 0 aliphatic carbocycles. The molecule has 0 atom stereocenters. The van der Waals surface area contributed by atoms with Crippen LogP contribution in [0.2, 0.25) is 5.15 Å². The summed E-state index contributed by atoms with van der Waals surface area (Å²) in [6.45, 7) is 1.92. The van der Waals surface area contributed by atoms with Gasteiger partial charge in [0.2, 0.25) is 5.88 Å². The van der Waals surface area contributed by atoms with Crippen molar-refractivity contribution in [2.75, 3.05) is 0 Å². The summed E-state index contributed by atoms with van der Waals surface area (Å²) in [6.07, 6.45) is 0.688. The average molecular weight is 265 g/mol. The molecule has 2 aromatic rings. The highest BCUT2D eigenvalue weighted by atomic mass is 35.5. The number of hydrogen-bond donors (Lipinski definition) is 1. The lowest BCUT2D eigenvalue weighted by Crippen LogP contribution is -1.96. The number of aryl methyl sites for hydroxylation is 1. The molecule has 0 saturated carbocycles. The van der Waals surface area contributed by atoms with E-state index in [4.69, 9.17) is 21.4 Å². The van der Waals surface area contributed by atoms with Gasteiger partial charge < -0.3 is 9.84 Å². The summed E-state index contributed by atoms with van der Waals surface area (Å²) < 4.78 is 5.60. The Morgan fingerprint density at radius 3 is 2.83 bits per heavy atom. The van der Waals surface area contributed by atoms with Crippen LogP contribution >= 0.6 is 11.6 Å². The zero-order chi connectivity index (χ0) is 13.0. The van der Waals surface area contributed by atoms with Gasteiger partial charge in [-0.2, -0.15) is 4.98 Å². The van der Waals surface area contributed by atoms with Crippen molar-refractivity contribution in [3.05, 3.63) is 46.9 Å². The van der Waals surface area contributed by atoms with Gasteiger partial charge in [-0.25, -0.2) is 4.98 Å². The van der Waals surface area contributed by atoms with Crippen LogP contribution in [0.4, 0.5) is 0 Å². The second-order valence-corrected chi connectivity index (χ2v) is 4.09. The SMILES string of the molecule is CCc1nc(Cl)cc(Oc2cccc(CO)c2)n1. The Morgan fingerprint density at radius 2 is 2.11 bits per heavy atom. The van der Waals surface area contributed by atoms with Crippen LogP contribution in [0.5, 0.6) is 11.6 Å². The van der Waals surface area contributed by atoms with Gasteiger partial charge in [-0.15, -0.1) is 0 Å². The van der Waals surface area contributed by atoms with Crippen LogP contribution in [-0.4, -0.2) is 15.1 Å². The van der Waals surface area contributed by atoms with E-state index in [9.17, 15) is 0 Å². The fraction of sp³-hybridized carbons (Fsp3) is 0.231. The molecule has 0 radical (unpaired) electrons. The topological polar surface area (TPSA) is 55.2 Å². The van der Waals surface area contributed by atoms with Gasteiger partial charge in [0.15, 0.2) is 0 Å². The quantitative estimate of drug-likeness (QED) is 0.863. The van der Waals surface area contributed by atoms with E-state index in [1.807, 2.05) is 19.1 Å². The third kappa shape index (κ3) is 3.18. The summed E-state index contributed by atoms with van der Waals surface area (Å²) in [5.74, 6) is 1.65. The van der Waals surface area contributed by atoms with Crippen molar-refractivity contribution in [3.63, 3.8) is 0 Å². The van der Waals surface area contributed by atoms with Crippen molar-refractivity contribution in [1.29, 1.82) is 0 Å². The summed E-state index contributed by atoms with van der Waals surface area (Å²) in [4.78, 5) is 8.28. The lowest BCUT2D eigenvalue weighted by molar-refractivity contribution is 0.281. The van der Waals surface area contributed by atoms with Crippen molar-refractivity contribution in [1.82, 2.24) is 9.97 Å². The first-order valence-electron chi connectivity index (χ1n) is 5.62. The molecule has 0 fully saturated rings. The standard InChI is InChI=1S/C13H13ClN2O2/c1-2-12-15-11(14)7-13(16-12)18-10-5-3-4-9(6-10)8-17/h3-7,17H,2,8H2,1H3. The van der Waals surface area contributed by atoms with E-state index in [2.05, 4.69) is 9.97 Å². The van der Waals surface area contributed by atoms with Gasteiger partial charge >= 0.3 is 0 Å². The summed E-state index contributed by atoms with van der Waals surface area (Å²) in [7, 11) is 0. The highest BCUT2D eigenvalue weighted by Crippen LogP contribution is 2.22. The fourth-order valence-corrected chi connectivity index (χ4v) is 1.67.